The van der Waals surface area contributed by atoms with Gasteiger partial charge in [-0.05, 0) is 24.3 Å². The summed E-state index contributed by atoms with van der Waals surface area (Å²) in [5.74, 6) is 0. The van der Waals surface area contributed by atoms with E-state index in [1.807, 2.05) is 12.1 Å². The van der Waals surface area contributed by atoms with Gasteiger partial charge in [0, 0.05) is 19.2 Å². The lowest BCUT2D eigenvalue weighted by atomic mass is 10.4. The van der Waals surface area contributed by atoms with Gasteiger partial charge in [-0.1, -0.05) is 11.6 Å². The van der Waals surface area contributed by atoms with Crippen molar-refractivity contribution in [1.29, 1.82) is 0 Å². The van der Waals surface area contributed by atoms with Crippen LogP contribution >= 0.6 is 11.6 Å². The van der Waals surface area contributed by atoms with E-state index in [1.54, 1.807) is 18.3 Å². The molecule has 0 fully saturated rings. The average Bonchev–Trinajstić information content (AvgIpc) is 2.51. The zero-order valence-electron chi connectivity index (χ0n) is 12.1. The molecule has 2 rings (SSSR count). The van der Waals surface area contributed by atoms with E-state index in [0.29, 0.717) is 8.59 Å². The Morgan fingerprint density at radius 1 is 1.09 bits per heavy atom. The molecule has 2 aromatic rings. The molecule has 118 valence electrons. The fourth-order valence-corrected chi connectivity index (χ4v) is 4.28. The molecule has 0 radical (unpaired) electrons. The van der Waals surface area contributed by atoms with E-state index in [-0.39, 0.29) is 19.0 Å². The highest BCUT2D eigenvalue weighted by atomic mass is 127. The Balaban J connectivity index is 2.47. The SMILES string of the molecule is COCn1cc([I+]c2ccc(Cl)cc2)c(=O)n(COC)c1=O. The molecule has 0 bridgehead atoms. The summed E-state index contributed by atoms with van der Waals surface area (Å²) >= 11 is 5.13. The zero-order chi connectivity index (χ0) is 16.1. The number of benzene rings is 1. The molecule has 0 atom stereocenters. The van der Waals surface area contributed by atoms with Crippen LogP contribution in [-0.4, -0.2) is 23.4 Å². The number of aromatic nitrogens is 2. The first-order valence-electron chi connectivity index (χ1n) is 6.29. The van der Waals surface area contributed by atoms with Gasteiger partial charge in [0.15, 0.2) is 3.57 Å². The van der Waals surface area contributed by atoms with Gasteiger partial charge in [-0.2, -0.15) is 0 Å². The maximum atomic E-state index is 12.4. The summed E-state index contributed by atoms with van der Waals surface area (Å²) in [5, 5.41) is 0.647. The number of hydrogen-bond donors (Lipinski definition) is 0. The molecule has 0 spiro atoms. The fourth-order valence-electron chi connectivity index (χ4n) is 1.77. The van der Waals surface area contributed by atoms with Gasteiger partial charge in [-0.15, -0.1) is 0 Å². The lowest BCUT2D eigenvalue weighted by molar-refractivity contribution is -0.600. The van der Waals surface area contributed by atoms with Gasteiger partial charge >= 0.3 is 32.5 Å². The molecular formula is C14H15ClIN2O4+. The third-order valence-electron chi connectivity index (χ3n) is 2.74. The van der Waals surface area contributed by atoms with Crippen LogP contribution in [0.1, 0.15) is 0 Å². The van der Waals surface area contributed by atoms with Crippen molar-refractivity contribution in [2.24, 2.45) is 0 Å². The monoisotopic (exact) mass is 437 g/mol. The highest BCUT2D eigenvalue weighted by Gasteiger charge is 2.24. The van der Waals surface area contributed by atoms with Gasteiger partial charge in [-0.3, -0.25) is 9.36 Å². The molecular weight excluding hydrogens is 423 g/mol. The Hall–Kier alpha value is -1.16. The standard InChI is InChI=1S/C14H15ClIN2O4/c1-21-8-17-7-12(13(19)18(9-22-2)14(17)20)16-11-5-3-10(15)4-6-11/h3-7H,8-9H2,1-2H3/q+1. The molecule has 1 heterocycles. The Morgan fingerprint density at radius 2 is 1.73 bits per heavy atom. The largest absolute Gasteiger partial charge is 0.365 e. The van der Waals surface area contributed by atoms with Crippen molar-refractivity contribution in [3.05, 3.63) is 63.5 Å². The van der Waals surface area contributed by atoms with Crippen LogP contribution in [0.4, 0.5) is 0 Å². The van der Waals surface area contributed by atoms with Crippen LogP contribution in [0.15, 0.2) is 40.1 Å². The highest BCUT2D eigenvalue weighted by Crippen LogP contribution is 2.04. The summed E-state index contributed by atoms with van der Waals surface area (Å²) in [6, 6.07) is 7.36. The van der Waals surface area contributed by atoms with E-state index >= 15 is 0 Å². The minimum absolute atomic E-state index is 0.0835. The number of rotatable bonds is 6. The second kappa shape index (κ2) is 7.91. The van der Waals surface area contributed by atoms with Crippen molar-refractivity contribution in [3.8, 4) is 0 Å². The predicted molar refractivity (Wildman–Crippen MR) is 77.8 cm³/mol. The molecule has 0 saturated heterocycles. The maximum absolute atomic E-state index is 12.4. The van der Waals surface area contributed by atoms with E-state index in [2.05, 4.69) is 0 Å². The fraction of sp³-hybridized carbons (Fsp3) is 0.286. The molecule has 0 aliphatic rings. The van der Waals surface area contributed by atoms with Crippen molar-refractivity contribution in [2.75, 3.05) is 14.2 Å². The Morgan fingerprint density at radius 3 is 2.32 bits per heavy atom. The van der Waals surface area contributed by atoms with E-state index in [4.69, 9.17) is 21.1 Å². The summed E-state index contributed by atoms with van der Waals surface area (Å²) in [7, 11) is 2.93. The molecule has 0 N–H and O–H groups in total. The number of halogens is 2. The second-order valence-electron chi connectivity index (χ2n) is 4.33. The minimum Gasteiger partial charge on any atom is -0.364 e. The topological polar surface area (TPSA) is 62.5 Å². The minimum atomic E-state index is -0.738. The second-order valence-corrected chi connectivity index (χ2v) is 7.71. The van der Waals surface area contributed by atoms with Gasteiger partial charge in [0.25, 0.3) is 3.57 Å². The Labute approximate surface area is 142 Å². The first-order chi connectivity index (χ1) is 10.6. The lowest BCUT2D eigenvalue weighted by Gasteiger charge is -2.07. The first kappa shape index (κ1) is 17.2. The Kier molecular flexibility index (Phi) is 6.18. The van der Waals surface area contributed by atoms with E-state index in [1.165, 1.54) is 18.8 Å². The number of nitrogens with zero attached hydrogens (tertiary/aromatic N) is 2. The third kappa shape index (κ3) is 3.97. The Bertz CT molecular complexity index is 755. The van der Waals surface area contributed by atoms with Gasteiger partial charge in [0.2, 0.25) is 0 Å². The number of hydrogen-bond acceptors (Lipinski definition) is 4. The summed E-state index contributed by atoms with van der Waals surface area (Å²) in [6.45, 7) is -0.000232. The maximum Gasteiger partial charge on any atom is 0.365 e. The van der Waals surface area contributed by atoms with E-state index in [9.17, 15) is 9.59 Å². The van der Waals surface area contributed by atoms with Crippen LogP contribution in [0.5, 0.6) is 0 Å². The van der Waals surface area contributed by atoms with Crippen molar-refractivity contribution in [1.82, 2.24) is 9.13 Å². The molecule has 0 aliphatic carbocycles. The molecule has 22 heavy (non-hydrogen) atoms. The molecule has 8 heteroatoms. The average molecular weight is 438 g/mol. The van der Waals surface area contributed by atoms with Crippen LogP contribution in [0.2, 0.25) is 5.02 Å². The molecule has 1 aromatic heterocycles. The van der Waals surface area contributed by atoms with Crippen LogP contribution in [0.25, 0.3) is 0 Å². The lowest BCUT2D eigenvalue weighted by Crippen LogP contribution is -3.62. The van der Waals surface area contributed by atoms with Crippen LogP contribution in [-0.2, 0) is 22.9 Å². The van der Waals surface area contributed by atoms with Gasteiger partial charge in [0.05, 0.1) is 6.20 Å². The smallest absolute Gasteiger partial charge is 0.364 e. The third-order valence-corrected chi connectivity index (χ3v) is 5.65. The van der Waals surface area contributed by atoms with Crippen molar-refractivity contribution >= 4 is 11.6 Å². The molecule has 0 saturated carbocycles. The normalized spacial score (nSPS) is 10.9. The summed E-state index contributed by atoms with van der Waals surface area (Å²) in [6.07, 6.45) is 1.57. The van der Waals surface area contributed by atoms with Crippen molar-refractivity contribution < 1.29 is 30.7 Å². The predicted octanol–water partition coefficient (Wildman–Crippen LogP) is -2.00. The summed E-state index contributed by atoms with van der Waals surface area (Å²) < 4.78 is 14.0. The van der Waals surface area contributed by atoms with Crippen molar-refractivity contribution in [3.63, 3.8) is 0 Å². The quantitative estimate of drug-likeness (QED) is 0.491. The summed E-state index contributed by atoms with van der Waals surface area (Å²) in [5.41, 5.74) is -0.764. The van der Waals surface area contributed by atoms with Crippen molar-refractivity contribution in [2.45, 2.75) is 13.5 Å². The number of methoxy groups -OCH3 is 2. The molecule has 0 amide bonds. The first-order valence-corrected chi connectivity index (χ1v) is 8.83. The van der Waals surface area contributed by atoms with Crippen LogP contribution in [0, 0.1) is 7.14 Å². The molecule has 1 aromatic carbocycles. The van der Waals surface area contributed by atoms with Gasteiger partial charge < -0.3 is 9.47 Å². The van der Waals surface area contributed by atoms with Gasteiger partial charge in [0.1, 0.15) is 13.5 Å². The molecule has 0 unspecified atom stereocenters. The van der Waals surface area contributed by atoms with Crippen LogP contribution < -0.4 is 32.5 Å². The van der Waals surface area contributed by atoms with E-state index in [0.717, 1.165) is 8.14 Å². The summed E-state index contributed by atoms with van der Waals surface area (Å²) in [4.78, 5) is 24.6. The van der Waals surface area contributed by atoms with Gasteiger partial charge in [-0.25, -0.2) is 9.36 Å². The zero-order valence-corrected chi connectivity index (χ0v) is 15.0. The highest BCUT2D eigenvalue weighted by molar-refractivity contribution is 6.30. The van der Waals surface area contributed by atoms with Crippen LogP contribution in [0.3, 0.4) is 0 Å². The van der Waals surface area contributed by atoms with E-state index < -0.39 is 26.9 Å². The number of ether oxygens (including phenoxy) is 2. The molecule has 0 aliphatic heterocycles. The molecule has 6 nitrogen and oxygen atoms in total.